The third kappa shape index (κ3) is 5.20. The molecule has 0 bridgehead atoms. The van der Waals surface area contributed by atoms with E-state index in [1.165, 1.54) is 0 Å². The fraction of sp³-hybridized carbons (Fsp3) is 0.0769. The summed E-state index contributed by atoms with van der Waals surface area (Å²) in [6.07, 6.45) is 13.1. The van der Waals surface area contributed by atoms with E-state index in [1.54, 1.807) is 12.2 Å². The van der Waals surface area contributed by atoms with E-state index >= 15 is 0 Å². The first-order chi connectivity index (χ1) is 6.78. The predicted molar refractivity (Wildman–Crippen MR) is 67.3 cm³/mol. The van der Waals surface area contributed by atoms with Crippen molar-refractivity contribution in [3.05, 3.63) is 73.2 Å². The Labute approximate surface area is 88.0 Å². The summed E-state index contributed by atoms with van der Waals surface area (Å²) in [6.45, 7) is 13.0. The maximum atomic E-state index is 3.73. The van der Waals surface area contributed by atoms with E-state index < -0.39 is 0 Å². The van der Waals surface area contributed by atoms with Gasteiger partial charge in [0.05, 0.1) is 0 Å². The quantitative estimate of drug-likeness (QED) is 0.436. The average molecular weight is 183 g/mol. The van der Waals surface area contributed by atoms with E-state index in [0.29, 0.717) is 0 Å². The highest BCUT2D eigenvalue weighted by molar-refractivity contribution is 6.55. The summed E-state index contributed by atoms with van der Waals surface area (Å²) in [6, 6.07) is 0. The van der Waals surface area contributed by atoms with E-state index in [4.69, 9.17) is 0 Å². The third-order valence-electron chi connectivity index (χ3n) is 1.64. The Balaban J connectivity index is 4.60. The van der Waals surface area contributed by atoms with E-state index in [2.05, 4.69) is 19.7 Å². The molecule has 0 aromatic heterocycles. The van der Waals surface area contributed by atoms with Crippen LogP contribution in [0.15, 0.2) is 73.2 Å². The van der Waals surface area contributed by atoms with Gasteiger partial charge in [-0.05, 0) is 6.92 Å². The molecule has 0 N–H and O–H groups in total. The maximum absolute atomic E-state index is 3.73. The minimum atomic E-state index is 1.08. The summed E-state index contributed by atoms with van der Waals surface area (Å²) in [7, 11) is 2.04. The monoisotopic (exact) mass is 183 g/mol. The van der Waals surface area contributed by atoms with Crippen molar-refractivity contribution in [2.24, 2.45) is 0 Å². The lowest BCUT2D eigenvalue weighted by atomic mass is 9.62. The summed E-state index contributed by atoms with van der Waals surface area (Å²) in [5, 5.41) is 0. The standard InChI is InChI=1S/C13H16B/c1-5-9-11-13(10-6-2)14-12(7-3)8-4/h5-11H,1-3H2,4H3/b11-9-,12-8+,13-10+. The largest absolute Gasteiger partial charge is 0.190 e. The van der Waals surface area contributed by atoms with E-state index in [1.807, 2.05) is 44.6 Å². The topological polar surface area (TPSA) is 0 Å². The summed E-state index contributed by atoms with van der Waals surface area (Å²) < 4.78 is 0. The molecule has 0 nitrogen and oxygen atoms in total. The molecule has 0 rings (SSSR count). The molecule has 0 aliphatic carbocycles. The molecule has 0 atom stereocenters. The lowest BCUT2D eigenvalue weighted by molar-refractivity contribution is 1.68. The van der Waals surface area contributed by atoms with Crippen LogP contribution in [0.2, 0.25) is 0 Å². The van der Waals surface area contributed by atoms with E-state index in [9.17, 15) is 0 Å². The molecule has 0 aliphatic rings. The lowest BCUT2D eigenvalue weighted by Gasteiger charge is -1.99. The van der Waals surface area contributed by atoms with Gasteiger partial charge in [0.25, 0.3) is 0 Å². The van der Waals surface area contributed by atoms with Crippen molar-refractivity contribution < 1.29 is 0 Å². The molecular formula is C13H16B. The van der Waals surface area contributed by atoms with Crippen LogP contribution in [-0.4, -0.2) is 7.28 Å². The summed E-state index contributed by atoms with van der Waals surface area (Å²) in [4.78, 5) is 0. The Kier molecular flexibility index (Phi) is 7.25. The fourth-order valence-electron chi connectivity index (χ4n) is 0.920. The van der Waals surface area contributed by atoms with Crippen molar-refractivity contribution >= 4 is 7.28 Å². The summed E-state index contributed by atoms with van der Waals surface area (Å²) in [5.41, 5.74) is 2.17. The van der Waals surface area contributed by atoms with Crippen molar-refractivity contribution in [3.63, 3.8) is 0 Å². The normalized spacial score (nSPS) is 12.6. The van der Waals surface area contributed by atoms with Gasteiger partial charge in [0.15, 0.2) is 7.28 Å². The third-order valence-corrected chi connectivity index (χ3v) is 1.64. The second kappa shape index (κ2) is 8.12. The molecule has 0 unspecified atom stereocenters. The molecule has 1 heteroatoms. The van der Waals surface area contributed by atoms with E-state index in [-0.39, 0.29) is 0 Å². The van der Waals surface area contributed by atoms with Crippen LogP contribution in [0.25, 0.3) is 0 Å². The Morgan fingerprint density at radius 1 is 1.07 bits per heavy atom. The first-order valence-corrected chi connectivity index (χ1v) is 4.53. The molecule has 0 fully saturated rings. The molecule has 14 heavy (non-hydrogen) atoms. The first-order valence-electron chi connectivity index (χ1n) is 4.53. The SMILES string of the molecule is C=C/C=C\C([B]/C(C=C)=C/C)=C/C=C. The van der Waals surface area contributed by atoms with Crippen molar-refractivity contribution in [1.82, 2.24) is 0 Å². The molecule has 0 spiro atoms. The van der Waals surface area contributed by atoms with Gasteiger partial charge in [-0.25, -0.2) is 0 Å². The van der Waals surface area contributed by atoms with Gasteiger partial charge >= 0.3 is 0 Å². The Hall–Kier alpha value is -1.50. The summed E-state index contributed by atoms with van der Waals surface area (Å²) in [5.74, 6) is 0. The van der Waals surface area contributed by atoms with Crippen LogP contribution in [0.5, 0.6) is 0 Å². The van der Waals surface area contributed by atoms with Crippen LogP contribution >= 0.6 is 0 Å². The molecule has 0 heterocycles. The van der Waals surface area contributed by atoms with Gasteiger partial charge in [-0.15, -0.1) is 0 Å². The van der Waals surface area contributed by atoms with Crippen LogP contribution in [0.3, 0.4) is 0 Å². The van der Waals surface area contributed by atoms with Gasteiger partial charge in [-0.3, -0.25) is 0 Å². The summed E-state index contributed by atoms with van der Waals surface area (Å²) >= 11 is 0. The smallest absolute Gasteiger partial charge is 0.0996 e. The van der Waals surface area contributed by atoms with Crippen molar-refractivity contribution in [2.75, 3.05) is 0 Å². The molecule has 0 amide bonds. The first kappa shape index (κ1) is 12.5. The Bertz CT molecular complexity index is 290. The van der Waals surface area contributed by atoms with Crippen molar-refractivity contribution in [1.29, 1.82) is 0 Å². The second-order valence-electron chi connectivity index (χ2n) is 2.63. The van der Waals surface area contributed by atoms with Gasteiger partial charge in [-0.1, -0.05) is 73.2 Å². The van der Waals surface area contributed by atoms with Crippen LogP contribution in [0.1, 0.15) is 6.92 Å². The molecule has 0 saturated carbocycles. The number of hydrogen-bond acceptors (Lipinski definition) is 0. The lowest BCUT2D eigenvalue weighted by Crippen LogP contribution is -1.96. The van der Waals surface area contributed by atoms with Crippen LogP contribution in [0, 0.1) is 0 Å². The molecule has 1 radical (unpaired) electrons. The highest BCUT2D eigenvalue weighted by Crippen LogP contribution is 2.03. The van der Waals surface area contributed by atoms with Crippen LogP contribution < -0.4 is 0 Å². The fourth-order valence-corrected chi connectivity index (χ4v) is 0.920. The van der Waals surface area contributed by atoms with Gasteiger partial charge in [0.1, 0.15) is 0 Å². The van der Waals surface area contributed by atoms with Crippen molar-refractivity contribution in [3.8, 4) is 0 Å². The Morgan fingerprint density at radius 2 is 1.79 bits per heavy atom. The number of hydrogen-bond donors (Lipinski definition) is 0. The van der Waals surface area contributed by atoms with Crippen molar-refractivity contribution in [2.45, 2.75) is 6.92 Å². The van der Waals surface area contributed by atoms with Crippen LogP contribution in [-0.2, 0) is 0 Å². The second-order valence-corrected chi connectivity index (χ2v) is 2.63. The predicted octanol–water partition coefficient (Wildman–Crippen LogP) is 3.59. The molecule has 0 aromatic rings. The van der Waals surface area contributed by atoms with Gasteiger partial charge < -0.3 is 0 Å². The van der Waals surface area contributed by atoms with E-state index in [0.717, 1.165) is 10.9 Å². The highest BCUT2D eigenvalue weighted by Gasteiger charge is 1.96. The molecule has 71 valence electrons. The number of allylic oxidation sites excluding steroid dienone is 9. The highest BCUT2D eigenvalue weighted by atomic mass is 13.8. The van der Waals surface area contributed by atoms with Crippen LogP contribution in [0.4, 0.5) is 0 Å². The minimum Gasteiger partial charge on any atom is -0.0996 e. The molecule has 0 aliphatic heterocycles. The molecule has 0 aromatic carbocycles. The Morgan fingerprint density at radius 3 is 2.21 bits per heavy atom. The molecular weight excluding hydrogens is 167 g/mol. The van der Waals surface area contributed by atoms with Gasteiger partial charge in [-0.2, -0.15) is 0 Å². The maximum Gasteiger partial charge on any atom is 0.190 e. The molecule has 0 saturated heterocycles. The zero-order valence-electron chi connectivity index (χ0n) is 8.74. The zero-order valence-corrected chi connectivity index (χ0v) is 8.74. The van der Waals surface area contributed by atoms with Gasteiger partial charge in [0.2, 0.25) is 0 Å². The zero-order chi connectivity index (χ0) is 10.8. The number of rotatable bonds is 6. The average Bonchev–Trinajstić information content (AvgIpc) is 2.22. The minimum absolute atomic E-state index is 1.08. The van der Waals surface area contributed by atoms with Gasteiger partial charge in [0, 0.05) is 0 Å².